The van der Waals surface area contributed by atoms with E-state index in [1.54, 1.807) is 0 Å². The number of hydrogen-bond acceptors (Lipinski definition) is 2. The van der Waals surface area contributed by atoms with Crippen LogP contribution in [0.15, 0.2) is 0 Å². The number of hydrogen-bond donors (Lipinski definition) is 0. The first-order valence-corrected chi connectivity index (χ1v) is 7.33. The molecule has 2 heteroatoms. The Bertz CT molecular complexity index is 189. The van der Waals surface area contributed by atoms with E-state index in [2.05, 4.69) is 13.8 Å². The first-order chi connectivity index (χ1) is 8.17. The Morgan fingerprint density at radius 3 is 2.24 bits per heavy atom. The average molecular weight is 242 g/mol. The van der Waals surface area contributed by atoms with Crippen LogP contribution in [0.25, 0.3) is 0 Å². The third-order valence-corrected chi connectivity index (χ3v) is 3.57. The molecule has 0 aromatic rings. The second-order valence-corrected chi connectivity index (χ2v) is 4.91. The van der Waals surface area contributed by atoms with Gasteiger partial charge in [0.1, 0.15) is 0 Å². The molecule has 2 unspecified atom stereocenters. The largest absolute Gasteiger partial charge is 0.466 e. The minimum atomic E-state index is -0.0205. The molecule has 0 fully saturated rings. The lowest BCUT2D eigenvalue weighted by atomic mass is 9.87. The fourth-order valence-electron chi connectivity index (χ4n) is 2.28. The molecule has 0 aromatic heterocycles. The highest BCUT2D eigenvalue weighted by molar-refractivity contribution is 5.72. The monoisotopic (exact) mass is 242 g/mol. The van der Waals surface area contributed by atoms with Crippen molar-refractivity contribution in [3.05, 3.63) is 0 Å². The second-order valence-electron chi connectivity index (χ2n) is 4.91. The number of esters is 1. The summed E-state index contributed by atoms with van der Waals surface area (Å²) in [5.74, 6) is 0.537. The van der Waals surface area contributed by atoms with Crippen LogP contribution in [0.3, 0.4) is 0 Å². The zero-order chi connectivity index (χ0) is 13.1. The van der Waals surface area contributed by atoms with Crippen molar-refractivity contribution in [3.8, 4) is 0 Å². The number of carbonyl (C=O) groups is 1. The maximum Gasteiger partial charge on any atom is 0.308 e. The van der Waals surface area contributed by atoms with Gasteiger partial charge in [0.2, 0.25) is 0 Å². The minimum absolute atomic E-state index is 0.0205. The molecular weight excluding hydrogens is 212 g/mol. The van der Waals surface area contributed by atoms with Gasteiger partial charge in [0, 0.05) is 0 Å². The van der Waals surface area contributed by atoms with Crippen LogP contribution in [0.5, 0.6) is 0 Å². The van der Waals surface area contributed by atoms with E-state index in [1.165, 1.54) is 38.5 Å². The van der Waals surface area contributed by atoms with E-state index in [4.69, 9.17) is 4.74 Å². The summed E-state index contributed by atoms with van der Waals surface area (Å²) in [5.41, 5.74) is 0. The van der Waals surface area contributed by atoms with Crippen LogP contribution in [0, 0.1) is 11.8 Å². The highest BCUT2D eigenvalue weighted by Crippen LogP contribution is 2.23. The van der Waals surface area contributed by atoms with E-state index in [9.17, 15) is 4.79 Å². The molecule has 0 N–H and O–H groups in total. The number of rotatable bonds is 10. The molecule has 17 heavy (non-hydrogen) atoms. The van der Waals surface area contributed by atoms with Crippen LogP contribution in [0.4, 0.5) is 0 Å². The first kappa shape index (κ1) is 16.5. The van der Waals surface area contributed by atoms with Crippen molar-refractivity contribution < 1.29 is 9.53 Å². The number of unbranched alkanes of at least 4 members (excludes halogenated alkanes) is 4. The summed E-state index contributed by atoms with van der Waals surface area (Å²) in [6.07, 6.45) is 8.76. The standard InChI is InChI=1S/C15H30O2/c1-5-8-9-10-11-12-14(6-2)13(4)15(16)17-7-3/h13-14H,5-12H2,1-4H3. The van der Waals surface area contributed by atoms with E-state index in [0.717, 1.165) is 6.42 Å². The van der Waals surface area contributed by atoms with Gasteiger partial charge in [0.15, 0.2) is 0 Å². The highest BCUT2D eigenvalue weighted by atomic mass is 16.5. The molecule has 0 amide bonds. The molecule has 2 atom stereocenters. The summed E-state index contributed by atoms with van der Waals surface area (Å²) in [4.78, 5) is 11.7. The van der Waals surface area contributed by atoms with E-state index in [1.807, 2.05) is 13.8 Å². The summed E-state index contributed by atoms with van der Waals surface area (Å²) < 4.78 is 5.09. The van der Waals surface area contributed by atoms with Crippen LogP contribution >= 0.6 is 0 Å². The molecule has 0 radical (unpaired) electrons. The van der Waals surface area contributed by atoms with Crippen molar-refractivity contribution in [3.63, 3.8) is 0 Å². The maximum absolute atomic E-state index is 11.7. The number of ether oxygens (including phenoxy) is 1. The molecule has 0 spiro atoms. The van der Waals surface area contributed by atoms with Crippen molar-refractivity contribution in [1.82, 2.24) is 0 Å². The first-order valence-electron chi connectivity index (χ1n) is 7.33. The quantitative estimate of drug-likeness (QED) is 0.414. The van der Waals surface area contributed by atoms with Crippen LogP contribution in [-0.2, 0) is 9.53 Å². The normalized spacial score (nSPS) is 14.4. The molecule has 0 bridgehead atoms. The molecule has 0 aliphatic rings. The zero-order valence-corrected chi connectivity index (χ0v) is 12.1. The molecule has 0 aliphatic heterocycles. The van der Waals surface area contributed by atoms with E-state index >= 15 is 0 Å². The van der Waals surface area contributed by atoms with E-state index in [0.29, 0.717) is 12.5 Å². The second kappa shape index (κ2) is 10.6. The van der Waals surface area contributed by atoms with Crippen molar-refractivity contribution in [1.29, 1.82) is 0 Å². The third-order valence-electron chi connectivity index (χ3n) is 3.57. The Morgan fingerprint density at radius 1 is 1.06 bits per heavy atom. The molecule has 0 saturated carbocycles. The predicted octanol–water partition coefficient (Wildman–Crippen LogP) is 4.57. The third kappa shape index (κ3) is 7.40. The van der Waals surface area contributed by atoms with Crippen LogP contribution in [-0.4, -0.2) is 12.6 Å². The lowest BCUT2D eigenvalue weighted by Gasteiger charge is -2.21. The molecule has 0 rings (SSSR count). The van der Waals surface area contributed by atoms with Crippen molar-refractivity contribution in [2.24, 2.45) is 11.8 Å². The smallest absolute Gasteiger partial charge is 0.308 e. The predicted molar refractivity (Wildman–Crippen MR) is 73.0 cm³/mol. The van der Waals surface area contributed by atoms with Crippen molar-refractivity contribution in [2.45, 2.75) is 72.6 Å². The fraction of sp³-hybridized carbons (Fsp3) is 0.933. The lowest BCUT2D eigenvalue weighted by molar-refractivity contribution is -0.149. The van der Waals surface area contributed by atoms with Crippen molar-refractivity contribution >= 4 is 5.97 Å². The van der Waals surface area contributed by atoms with Crippen LogP contribution in [0.2, 0.25) is 0 Å². The molecule has 2 nitrogen and oxygen atoms in total. The van der Waals surface area contributed by atoms with Gasteiger partial charge in [0.05, 0.1) is 12.5 Å². The van der Waals surface area contributed by atoms with E-state index in [-0.39, 0.29) is 11.9 Å². The van der Waals surface area contributed by atoms with Gasteiger partial charge in [-0.3, -0.25) is 4.79 Å². The summed E-state index contributed by atoms with van der Waals surface area (Å²) in [6, 6.07) is 0. The molecule has 0 aliphatic carbocycles. The maximum atomic E-state index is 11.7. The van der Waals surface area contributed by atoms with Crippen LogP contribution in [0.1, 0.15) is 72.6 Å². The summed E-state index contributed by atoms with van der Waals surface area (Å²) >= 11 is 0. The number of carbonyl (C=O) groups excluding carboxylic acids is 1. The minimum Gasteiger partial charge on any atom is -0.466 e. The summed E-state index contributed by atoms with van der Waals surface area (Å²) in [5, 5.41) is 0. The van der Waals surface area contributed by atoms with Gasteiger partial charge < -0.3 is 4.74 Å². The molecule has 0 saturated heterocycles. The van der Waals surface area contributed by atoms with Gasteiger partial charge in [0.25, 0.3) is 0 Å². The Hall–Kier alpha value is -0.530. The molecular formula is C15H30O2. The zero-order valence-electron chi connectivity index (χ0n) is 12.1. The lowest BCUT2D eigenvalue weighted by Crippen LogP contribution is -2.23. The van der Waals surface area contributed by atoms with Gasteiger partial charge in [-0.25, -0.2) is 0 Å². The van der Waals surface area contributed by atoms with Gasteiger partial charge in [-0.05, 0) is 19.3 Å². The van der Waals surface area contributed by atoms with Gasteiger partial charge in [-0.1, -0.05) is 59.3 Å². The molecule has 0 heterocycles. The molecule has 102 valence electrons. The van der Waals surface area contributed by atoms with Gasteiger partial charge in [-0.15, -0.1) is 0 Å². The Kier molecular flexibility index (Phi) is 10.3. The molecule has 0 aromatic carbocycles. The Morgan fingerprint density at radius 2 is 1.71 bits per heavy atom. The topological polar surface area (TPSA) is 26.3 Å². The Labute approximate surface area is 107 Å². The Balaban J connectivity index is 3.84. The fourth-order valence-corrected chi connectivity index (χ4v) is 2.28. The SMILES string of the molecule is CCCCCCCC(CC)C(C)C(=O)OCC. The van der Waals surface area contributed by atoms with E-state index < -0.39 is 0 Å². The van der Waals surface area contributed by atoms with Gasteiger partial charge >= 0.3 is 5.97 Å². The highest BCUT2D eigenvalue weighted by Gasteiger charge is 2.23. The van der Waals surface area contributed by atoms with Crippen LogP contribution < -0.4 is 0 Å². The average Bonchev–Trinajstić information content (AvgIpc) is 2.33. The summed E-state index contributed by atoms with van der Waals surface area (Å²) in [6.45, 7) is 8.79. The van der Waals surface area contributed by atoms with Gasteiger partial charge in [-0.2, -0.15) is 0 Å². The van der Waals surface area contributed by atoms with Crippen molar-refractivity contribution in [2.75, 3.05) is 6.61 Å². The summed E-state index contributed by atoms with van der Waals surface area (Å²) in [7, 11) is 0.